The fourth-order valence-corrected chi connectivity index (χ4v) is 2.85. The van der Waals surface area contributed by atoms with Crippen LogP contribution in [0.5, 0.6) is 0 Å². The number of carbonyl (C=O) groups is 2. The van der Waals surface area contributed by atoms with Gasteiger partial charge in [-0.15, -0.1) is 0 Å². The molecule has 1 amide bonds. The number of carbonyl (C=O) groups excluding carboxylic acids is 2. The highest BCUT2D eigenvalue weighted by molar-refractivity contribution is 5.94. The van der Waals surface area contributed by atoms with Crippen molar-refractivity contribution in [3.05, 3.63) is 47.4 Å². The molecule has 2 aromatic rings. The second kappa shape index (κ2) is 7.61. The number of nitrogens with one attached hydrogen (secondary N) is 1. The predicted octanol–water partition coefficient (Wildman–Crippen LogP) is 2.12. The highest BCUT2D eigenvalue weighted by atomic mass is 16.2. The predicted molar refractivity (Wildman–Crippen MR) is 99.9 cm³/mol. The maximum atomic E-state index is 12.7. The van der Waals surface area contributed by atoms with Crippen molar-refractivity contribution in [3.8, 4) is 0 Å². The number of rotatable bonds is 4. The molecule has 1 fully saturated rings. The molecule has 0 bridgehead atoms. The number of piperazine rings is 1. The quantitative estimate of drug-likeness (QED) is 0.849. The fourth-order valence-electron chi connectivity index (χ4n) is 2.85. The van der Waals surface area contributed by atoms with E-state index < -0.39 is 0 Å². The van der Waals surface area contributed by atoms with Gasteiger partial charge in [-0.2, -0.15) is 0 Å². The summed E-state index contributed by atoms with van der Waals surface area (Å²) in [5, 5.41) is 3.17. The van der Waals surface area contributed by atoms with Crippen molar-refractivity contribution in [2.75, 3.05) is 38.5 Å². The van der Waals surface area contributed by atoms with Crippen molar-refractivity contribution < 1.29 is 9.59 Å². The summed E-state index contributed by atoms with van der Waals surface area (Å²) in [6.45, 7) is 6.44. The summed E-state index contributed by atoms with van der Waals surface area (Å²) in [7, 11) is 2.05. The van der Waals surface area contributed by atoms with E-state index in [2.05, 4.69) is 27.2 Å². The van der Waals surface area contributed by atoms with Crippen LogP contribution in [0.2, 0.25) is 0 Å². The Hall–Kier alpha value is -2.80. The molecule has 0 radical (unpaired) electrons. The number of aromatic nitrogens is 2. The zero-order valence-corrected chi connectivity index (χ0v) is 15.3. The molecule has 3 rings (SSSR count). The molecule has 1 aromatic heterocycles. The van der Waals surface area contributed by atoms with Crippen LogP contribution in [0, 0.1) is 6.92 Å². The van der Waals surface area contributed by atoms with Gasteiger partial charge < -0.3 is 15.1 Å². The number of Topliss-reactive ketones (excluding diaryl/α,β-unsaturated/α-hetero) is 1. The normalized spacial score (nSPS) is 15.0. The number of benzene rings is 1. The summed E-state index contributed by atoms with van der Waals surface area (Å²) in [5.41, 5.74) is 1.84. The third-order valence-corrected chi connectivity index (χ3v) is 4.41. The topological polar surface area (TPSA) is 78.4 Å². The molecule has 0 saturated carbocycles. The van der Waals surface area contributed by atoms with Crippen molar-refractivity contribution in [2.24, 2.45) is 0 Å². The first kappa shape index (κ1) is 18.0. The number of hydrogen-bond donors (Lipinski definition) is 1. The van der Waals surface area contributed by atoms with Gasteiger partial charge in [0.25, 0.3) is 5.91 Å². The Morgan fingerprint density at radius 2 is 1.69 bits per heavy atom. The Bertz CT molecular complexity index is 811. The van der Waals surface area contributed by atoms with Crippen LogP contribution in [0.4, 0.5) is 11.5 Å². The molecule has 1 N–H and O–H groups in total. The Morgan fingerprint density at radius 3 is 2.31 bits per heavy atom. The Kier molecular flexibility index (Phi) is 5.27. The number of amides is 1. The molecular weight excluding hydrogens is 330 g/mol. The molecule has 0 unspecified atom stereocenters. The number of likely N-dealkylation sites (N-methyl/N-ethyl adjacent to an activating group) is 1. The van der Waals surface area contributed by atoms with Crippen LogP contribution in [0.3, 0.4) is 0 Å². The Morgan fingerprint density at radius 1 is 1.04 bits per heavy atom. The molecule has 7 nitrogen and oxygen atoms in total. The number of hydrogen-bond acceptors (Lipinski definition) is 6. The van der Waals surface area contributed by atoms with E-state index in [1.165, 1.54) is 6.92 Å². The zero-order valence-electron chi connectivity index (χ0n) is 15.3. The monoisotopic (exact) mass is 353 g/mol. The molecule has 1 aliphatic rings. The smallest absolute Gasteiger partial charge is 0.272 e. The maximum Gasteiger partial charge on any atom is 0.272 e. The van der Waals surface area contributed by atoms with Gasteiger partial charge in [-0.1, -0.05) is 0 Å². The summed E-state index contributed by atoms with van der Waals surface area (Å²) in [4.78, 5) is 36.8. The molecule has 26 heavy (non-hydrogen) atoms. The van der Waals surface area contributed by atoms with Crippen LogP contribution in [0.25, 0.3) is 0 Å². The average molecular weight is 353 g/mol. The maximum absolute atomic E-state index is 12.7. The number of ketones is 1. The van der Waals surface area contributed by atoms with Gasteiger partial charge in [-0.25, -0.2) is 9.97 Å². The van der Waals surface area contributed by atoms with Gasteiger partial charge in [0.1, 0.15) is 17.3 Å². The molecule has 1 aliphatic heterocycles. The van der Waals surface area contributed by atoms with Gasteiger partial charge in [0, 0.05) is 43.5 Å². The molecule has 0 aliphatic carbocycles. The Balaban J connectivity index is 1.76. The van der Waals surface area contributed by atoms with E-state index in [9.17, 15) is 9.59 Å². The van der Waals surface area contributed by atoms with Crippen molar-refractivity contribution >= 4 is 23.2 Å². The van der Waals surface area contributed by atoms with Crippen LogP contribution in [0.15, 0.2) is 30.3 Å². The van der Waals surface area contributed by atoms with Gasteiger partial charge in [0.2, 0.25) is 0 Å². The summed E-state index contributed by atoms with van der Waals surface area (Å²) in [6, 6.07) is 8.82. The molecule has 1 saturated heterocycles. The van der Waals surface area contributed by atoms with E-state index in [0.29, 0.717) is 36.0 Å². The highest BCUT2D eigenvalue weighted by Gasteiger charge is 2.22. The second-order valence-electron chi connectivity index (χ2n) is 6.54. The lowest BCUT2D eigenvalue weighted by Gasteiger charge is -2.32. The molecule has 7 heteroatoms. The van der Waals surface area contributed by atoms with E-state index in [1.54, 1.807) is 25.1 Å². The molecular formula is C19H23N5O2. The van der Waals surface area contributed by atoms with Gasteiger partial charge in [-0.3, -0.25) is 9.59 Å². The molecule has 1 aromatic carbocycles. The summed E-state index contributed by atoms with van der Waals surface area (Å²) < 4.78 is 0. The van der Waals surface area contributed by atoms with Crippen LogP contribution >= 0.6 is 0 Å². The number of nitrogens with zero attached hydrogens (tertiary/aromatic N) is 4. The molecule has 136 valence electrons. The first-order valence-corrected chi connectivity index (χ1v) is 8.64. The van der Waals surface area contributed by atoms with Crippen molar-refractivity contribution in [1.82, 2.24) is 19.8 Å². The van der Waals surface area contributed by atoms with Crippen LogP contribution in [-0.4, -0.2) is 64.7 Å². The lowest BCUT2D eigenvalue weighted by atomic mass is 10.1. The van der Waals surface area contributed by atoms with Crippen LogP contribution in [-0.2, 0) is 0 Å². The van der Waals surface area contributed by atoms with E-state index in [0.717, 1.165) is 18.8 Å². The summed E-state index contributed by atoms with van der Waals surface area (Å²) >= 11 is 0. The van der Waals surface area contributed by atoms with Gasteiger partial charge in [0.15, 0.2) is 5.78 Å². The first-order valence-electron chi connectivity index (χ1n) is 8.64. The SMILES string of the molecule is CC(=O)c1ccc(Nc2cc(C(=O)N3CCN(C)CC3)nc(C)n2)cc1. The van der Waals surface area contributed by atoms with E-state index >= 15 is 0 Å². The van der Waals surface area contributed by atoms with E-state index in [-0.39, 0.29) is 11.7 Å². The minimum Gasteiger partial charge on any atom is -0.340 e. The van der Waals surface area contributed by atoms with Gasteiger partial charge in [0.05, 0.1) is 0 Å². The number of aryl methyl sites for hydroxylation is 1. The van der Waals surface area contributed by atoms with E-state index in [4.69, 9.17) is 0 Å². The second-order valence-corrected chi connectivity index (χ2v) is 6.54. The van der Waals surface area contributed by atoms with Crippen LogP contribution in [0.1, 0.15) is 33.6 Å². The standard InChI is InChI=1S/C19H23N5O2/c1-13(25)15-4-6-16(7-5-15)22-18-12-17(20-14(2)21-18)19(26)24-10-8-23(3)9-11-24/h4-7,12H,8-11H2,1-3H3,(H,20,21,22). The largest absolute Gasteiger partial charge is 0.340 e. The first-order chi connectivity index (χ1) is 12.4. The van der Waals surface area contributed by atoms with Gasteiger partial charge in [-0.05, 0) is 45.2 Å². The summed E-state index contributed by atoms with van der Waals surface area (Å²) in [6.07, 6.45) is 0. The molecule has 0 spiro atoms. The lowest BCUT2D eigenvalue weighted by Crippen LogP contribution is -2.47. The number of anilines is 2. The minimum absolute atomic E-state index is 0.0227. The zero-order chi connectivity index (χ0) is 18.7. The van der Waals surface area contributed by atoms with Crippen LogP contribution < -0.4 is 5.32 Å². The summed E-state index contributed by atoms with van der Waals surface area (Å²) in [5.74, 6) is 1.05. The van der Waals surface area contributed by atoms with Crippen molar-refractivity contribution in [2.45, 2.75) is 13.8 Å². The van der Waals surface area contributed by atoms with E-state index in [1.807, 2.05) is 17.0 Å². The lowest BCUT2D eigenvalue weighted by molar-refractivity contribution is 0.0657. The average Bonchev–Trinajstić information content (AvgIpc) is 2.61. The minimum atomic E-state index is -0.0708. The van der Waals surface area contributed by atoms with Gasteiger partial charge >= 0.3 is 0 Å². The highest BCUT2D eigenvalue weighted by Crippen LogP contribution is 2.17. The fraction of sp³-hybridized carbons (Fsp3) is 0.368. The third kappa shape index (κ3) is 4.23. The molecule has 0 atom stereocenters. The van der Waals surface area contributed by atoms with Crippen molar-refractivity contribution in [1.29, 1.82) is 0 Å². The third-order valence-electron chi connectivity index (χ3n) is 4.41. The Labute approximate surface area is 153 Å². The van der Waals surface area contributed by atoms with Crippen molar-refractivity contribution in [3.63, 3.8) is 0 Å². The molecule has 2 heterocycles.